The number of hydrogen-bond acceptors (Lipinski definition) is 8. The molecule has 0 atom stereocenters. The molecule has 0 unspecified atom stereocenters. The van der Waals surface area contributed by atoms with Crippen LogP contribution in [0.15, 0.2) is 45.5 Å². The maximum Gasteiger partial charge on any atom is 0.410 e. The van der Waals surface area contributed by atoms with Crippen molar-refractivity contribution in [2.45, 2.75) is 39.5 Å². The number of ether oxygens (including phenoxy) is 2. The van der Waals surface area contributed by atoms with Crippen LogP contribution in [0.4, 0.5) is 4.79 Å². The van der Waals surface area contributed by atoms with Gasteiger partial charge in [-0.25, -0.2) is 9.78 Å². The van der Waals surface area contributed by atoms with Crippen LogP contribution in [0.2, 0.25) is 5.02 Å². The van der Waals surface area contributed by atoms with Gasteiger partial charge in [0.15, 0.2) is 5.82 Å². The number of amides is 1. The van der Waals surface area contributed by atoms with Crippen molar-refractivity contribution in [3.63, 3.8) is 0 Å². The Morgan fingerprint density at radius 1 is 1.08 bits per heavy atom. The summed E-state index contributed by atoms with van der Waals surface area (Å²) in [7, 11) is 0. The number of benzene rings is 2. The van der Waals surface area contributed by atoms with Crippen molar-refractivity contribution >= 4 is 49.6 Å². The Kier molecular flexibility index (Phi) is 9.12. The molecule has 9 nitrogen and oxygen atoms in total. The minimum absolute atomic E-state index is 0.114. The van der Waals surface area contributed by atoms with Gasteiger partial charge in [0.25, 0.3) is 0 Å². The van der Waals surface area contributed by atoms with Gasteiger partial charge >= 0.3 is 6.09 Å². The molecular weight excluding hydrogens is 642 g/mol. The number of aromatic nitrogens is 3. The first-order chi connectivity index (χ1) is 18.0. The molecule has 4 rings (SSSR count). The van der Waals surface area contributed by atoms with Crippen LogP contribution in [0.1, 0.15) is 32.2 Å². The fourth-order valence-corrected chi connectivity index (χ4v) is 5.20. The van der Waals surface area contributed by atoms with Crippen molar-refractivity contribution in [1.29, 1.82) is 0 Å². The molecule has 1 saturated heterocycles. The van der Waals surface area contributed by atoms with E-state index in [0.717, 1.165) is 11.1 Å². The number of carbonyl (C=O) groups is 1. The minimum Gasteiger partial charge on any atom is -0.506 e. The molecule has 12 heteroatoms. The molecule has 1 aliphatic rings. The van der Waals surface area contributed by atoms with E-state index >= 15 is 0 Å². The van der Waals surface area contributed by atoms with Gasteiger partial charge in [-0.2, -0.15) is 0 Å². The second kappa shape index (κ2) is 12.1. The summed E-state index contributed by atoms with van der Waals surface area (Å²) in [5.74, 6) is 1.23. The van der Waals surface area contributed by atoms with Crippen molar-refractivity contribution in [3.8, 4) is 22.8 Å². The molecule has 0 aliphatic carbocycles. The number of halogens is 3. The predicted molar refractivity (Wildman–Crippen MR) is 151 cm³/mol. The lowest BCUT2D eigenvalue weighted by atomic mass is 10.1. The Bertz CT molecular complexity index is 1270. The highest BCUT2D eigenvalue weighted by Crippen LogP contribution is 2.36. The number of aromatic hydroxyl groups is 1. The lowest BCUT2D eigenvalue weighted by molar-refractivity contribution is 0.0138. The van der Waals surface area contributed by atoms with Crippen molar-refractivity contribution in [1.82, 2.24) is 25.0 Å². The van der Waals surface area contributed by atoms with Crippen LogP contribution in [-0.2, 0) is 17.9 Å². The van der Waals surface area contributed by atoms with Gasteiger partial charge in [0.2, 0.25) is 0 Å². The Morgan fingerprint density at radius 3 is 2.37 bits per heavy atom. The summed E-state index contributed by atoms with van der Waals surface area (Å²) in [6, 6.07) is 9.00. The Hall–Kier alpha value is -2.47. The zero-order chi connectivity index (χ0) is 27.4. The highest BCUT2D eigenvalue weighted by molar-refractivity contribution is 9.11. The van der Waals surface area contributed by atoms with Gasteiger partial charge in [0.1, 0.15) is 29.4 Å². The molecule has 1 amide bonds. The highest BCUT2D eigenvalue weighted by atomic mass is 79.9. The van der Waals surface area contributed by atoms with Crippen LogP contribution in [0.5, 0.6) is 11.5 Å². The molecular formula is C26H28Br2ClN5O4. The molecule has 38 heavy (non-hydrogen) atoms. The Balaban J connectivity index is 1.36. The zero-order valence-corrected chi connectivity index (χ0v) is 25.2. The first kappa shape index (κ1) is 28.5. The highest BCUT2D eigenvalue weighted by Gasteiger charge is 2.26. The van der Waals surface area contributed by atoms with E-state index in [2.05, 4.69) is 51.9 Å². The number of piperazine rings is 1. The fourth-order valence-electron chi connectivity index (χ4n) is 3.82. The molecule has 2 aromatic carbocycles. The summed E-state index contributed by atoms with van der Waals surface area (Å²) in [6.45, 7) is 8.96. The van der Waals surface area contributed by atoms with Crippen LogP contribution in [0, 0.1) is 0 Å². The van der Waals surface area contributed by atoms with Gasteiger partial charge in [0, 0.05) is 48.9 Å². The van der Waals surface area contributed by atoms with Crippen molar-refractivity contribution in [3.05, 3.63) is 61.9 Å². The smallest absolute Gasteiger partial charge is 0.410 e. The number of phenols is 1. The largest absolute Gasteiger partial charge is 0.506 e. The maximum absolute atomic E-state index is 12.4. The van der Waals surface area contributed by atoms with Crippen LogP contribution < -0.4 is 4.74 Å². The third-order valence-electron chi connectivity index (χ3n) is 5.72. The summed E-state index contributed by atoms with van der Waals surface area (Å²) in [4.78, 5) is 20.7. The number of carbonyl (C=O) groups excluding carboxylic acids is 1. The molecule has 1 fully saturated rings. The number of hydrogen-bond donors (Lipinski definition) is 1. The zero-order valence-electron chi connectivity index (χ0n) is 21.2. The Labute approximate surface area is 243 Å². The lowest BCUT2D eigenvalue weighted by Gasteiger charge is -2.35. The normalized spacial score (nSPS) is 14.4. The van der Waals surface area contributed by atoms with Crippen molar-refractivity contribution < 1.29 is 19.4 Å². The maximum atomic E-state index is 12.4. The van der Waals surface area contributed by atoms with Gasteiger partial charge in [0.05, 0.1) is 15.1 Å². The average molecular weight is 670 g/mol. The quantitative estimate of drug-likeness (QED) is 0.339. The van der Waals surface area contributed by atoms with Gasteiger partial charge in [-0.05, 0) is 83.0 Å². The van der Waals surface area contributed by atoms with Gasteiger partial charge in [-0.1, -0.05) is 11.6 Å². The molecule has 3 aromatic rings. The predicted octanol–water partition coefficient (Wildman–Crippen LogP) is 6.05. The second-order valence-corrected chi connectivity index (χ2v) is 12.0. The second-order valence-electron chi connectivity index (χ2n) is 9.83. The number of rotatable bonds is 6. The Morgan fingerprint density at radius 2 is 1.76 bits per heavy atom. The fraction of sp³-hybridized carbons (Fsp3) is 0.385. The molecule has 1 N–H and O–H groups in total. The van der Waals surface area contributed by atoms with E-state index < -0.39 is 5.60 Å². The molecule has 0 spiro atoms. The van der Waals surface area contributed by atoms with E-state index in [9.17, 15) is 9.90 Å². The molecule has 1 aliphatic heterocycles. The van der Waals surface area contributed by atoms with Crippen LogP contribution in [0.25, 0.3) is 11.3 Å². The molecule has 2 heterocycles. The van der Waals surface area contributed by atoms with Crippen LogP contribution in [0.3, 0.4) is 0 Å². The minimum atomic E-state index is -0.513. The topological polar surface area (TPSA) is 101 Å². The first-order valence-corrected chi connectivity index (χ1v) is 13.9. The van der Waals surface area contributed by atoms with E-state index in [-0.39, 0.29) is 18.4 Å². The third-order valence-corrected chi connectivity index (χ3v) is 7.16. The van der Waals surface area contributed by atoms with E-state index in [1.54, 1.807) is 29.3 Å². The summed E-state index contributed by atoms with van der Waals surface area (Å²) in [6.07, 6.45) is 1.33. The summed E-state index contributed by atoms with van der Waals surface area (Å²) < 4.78 is 12.6. The SMILES string of the molecule is CC(C)(C)OC(=O)N1CCN(Cc2cc(Cl)ccc2OCc2ncc(-c3cc(Br)c(O)c(Br)c3)nn2)CC1. The molecule has 0 radical (unpaired) electrons. The van der Waals surface area contributed by atoms with Gasteiger partial charge in [-0.3, -0.25) is 4.90 Å². The van der Waals surface area contributed by atoms with Crippen LogP contribution in [-0.4, -0.2) is 68.0 Å². The van der Waals surface area contributed by atoms with E-state index in [1.807, 2.05) is 32.9 Å². The van der Waals surface area contributed by atoms with Crippen LogP contribution >= 0.6 is 43.5 Å². The number of phenolic OH excluding ortho intramolecular Hbond substituents is 1. The summed E-state index contributed by atoms with van der Waals surface area (Å²) in [5.41, 5.74) is 1.74. The summed E-state index contributed by atoms with van der Waals surface area (Å²) >= 11 is 12.9. The molecule has 0 bridgehead atoms. The van der Waals surface area contributed by atoms with Gasteiger partial charge in [-0.15, -0.1) is 10.2 Å². The van der Waals surface area contributed by atoms with E-state index in [4.69, 9.17) is 21.1 Å². The molecule has 202 valence electrons. The third kappa shape index (κ3) is 7.56. The summed E-state index contributed by atoms with van der Waals surface area (Å²) in [5, 5.41) is 19.0. The number of nitrogens with zero attached hydrogens (tertiary/aromatic N) is 5. The first-order valence-electron chi connectivity index (χ1n) is 12.0. The molecule has 0 saturated carbocycles. The standard InChI is InChI=1S/C26H28Br2ClN5O4/c1-26(2,3)38-25(36)34-8-6-33(7-9-34)14-17-10-18(29)4-5-22(17)37-15-23-30-13-21(31-32-23)16-11-19(27)24(35)20(28)12-16/h4-5,10-13,35H,6-9,14-15H2,1-3H3. The monoisotopic (exact) mass is 667 g/mol. The average Bonchev–Trinajstić information content (AvgIpc) is 2.86. The lowest BCUT2D eigenvalue weighted by Crippen LogP contribution is -2.49. The van der Waals surface area contributed by atoms with E-state index in [1.165, 1.54) is 0 Å². The van der Waals surface area contributed by atoms with E-state index in [0.29, 0.717) is 64.0 Å². The van der Waals surface area contributed by atoms with Crippen molar-refractivity contribution in [2.24, 2.45) is 0 Å². The van der Waals surface area contributed by atoms with Gasteiger partial charge < -0.3 is 19.5 Å². The van der Waals surface area contributed by atoms with Crippen molar-refractivity contribution in [2.75, 3.05) is 26.2 Å². The molecule has 1 aromatic heterocycles.